The van der Waals surface area contributed by atoms with E-state index in [1.54, 1.807) is 0 Å². The zero-order chi connectivity index (χ0) is 18.9. The lowest BCUT2D eigenvalue weighted by Gasteiger charge is -2.14. The quantitative estimate of drug-likeness (QED) is 0.665. The molecule has 0 aliphatic heterocycles. The van der Waals surface area contributed by atoms with E-state index in [9.17, 15) is 4.79 Å². The second-order valence-corrected chi connectivity index (χ2v) is 6.25. The molecule has 26 heavy (non-hydrogen) atoms. The average Bonchev–Trinajstić information content (AvgIpc) is 2.60. The first-order valence-electron chi connectivity index (χ1n) is 8.91. The van der Waals surface area contributed by atoms with Crippen LogP contribution in [-0.2, 0) is 9.53 Å². The molecular formula is C21H28N2O3. The number of hydrogen-bond acceptors (Lipinski definition) is 4. The number of benzene rings is 2. The fourth-order valence-electron chi connectivity index (χ4n) is 2.80. The Morgan fingerprint density at radius 1 is 1.04 bits per heavy atom. The van der Waals surface area contributed by atoms with Crippen molar-refractivity contribution < 1.29 is 14.3 Å². The van der Waals surface area contributed by atoms with Crippen molar-refractivity contribution in [2.45, 2.75) is 27.7 Å². The lowest BCUT2D eigenvalue weighted by Crippen LogP contribution is -2.22. The maximum atomic E-state index is 12.3. The predicted molar refractivity (Wildman–Crippen MR) is 106 cm³/mol. The summed E-state index contributed by atoms with van der Waals surface area (Å²) in [5.74, 6) is 0.669. The number of ether oxygens (including phenoxy) is 2. The van der Waals surface area contributed by atoms with Crippen LogP contribution >= 0.6 is 0 Å². The summed E-state index contributed by atoms with van der Waals surface area (Å²) in [6.07, 6.45) is 0. The van der Waals surface area contributed by atoms with Crippen molar-refractivity contribution in [2.75, 3.05) is 37.0 Å². The van der Waals surface area contributed by atoms with Crippen LogP contribution in [-0.4, -0.2) is 32.3 Å². The highest BCUT2D eigenvalue weighted by Gasteiger charge is 2.08. The van der Waals surface area contributed by atoms with Crippen molar-refractivity contribution >= 4 is 17.3 Å². The van der Waals surface area contributed by atoms with Crippen molar-refractivity contribution in [2.24, 2.45) is 0 Å². The van der Waals surface area contributed by atoms with Gasteiger partial charge < -0.3 is 20.1 Å². The first-order valence-corrected chi connectivity index (χ1v) is 8.91. The molecule has 2 rings (SSSR count). The molecule has 0 bridgehead atoms. The minimum atomic E-state index is -0.0808. The van der Waals surface area contributed by atoms with Gasteiger partial charge in [-0.15, -0.1) is 0 Å². The van der Waals surface area contributed by atoms with Gasteiger partial charge in [0.1, 0.15) is 12.4 Å². The average molecular weight is 356 g/mol. The van der Waals surface area contributed by atoms with Crippen LogP contribution in [0.1, 0.15) is 23.6 Å². The third-order valence-corrected chi connectivity index (χ3v) is 3.93. The number of carbonyl (C=O) groups is 1. The molecule has 0 unspecified atom stereocenters. The van der Waals surface area contributed by atoms with E-state index >= 15 is 0 Å². The summed E-state index contributed by atoms with van der Waals surface area (Å²) in [6.45, 7) is 9.95. The fourth-order valence-corrected chi connectivity index (χ4v) is 2.80. The van der Waals surface area contributed by atoms with E-state index in [-0.39, 0.29) is 12.5 Å². The van der Waals surface area contributed by atoms with Crippen LogP contribution in [0.15, 0.2) is 36.4 Å². The van der Waals surface area contributed by atoms with Crippen LogP contribution < -0.4 is 15.4 Å². The van der Waals surface area contributed by atoms with E-state index in [2.05, 4.69) is 29.7 Å². The minimum Gasteiger partial charge on any atom is -0.491 e. The Labute approximate surface area is 155 Å². The van der Waals surface area contributed by atoms with Crippen LogP contribution in [0.3, 0.4) is 0 Å². The number of amides is 1. The van der Waals surface area contributed by atoms with Crippen molar-refractivity contribution in [3.8, 4) is 5.75 Å². The van der Waals surface area contributed by atoms with Crippen LogP contribution in [0.4, 0.5) is 11.4 Å². The normalized spacial score (nSPS) is 10.5. The van der Waals surface area contributed by atoms with E-state index < -0.39 is 0 Å². The van der Waals surface area contributed by atoms with Gasteiger partial charge in [0.15, 0.2) is 0 Å². The van der Waals surface area contributed by atoms with Gasteiger partial charge >= 0.3 is 0 Å². The molecular weight excluding hydrogens is 328 g/mol. The van der Waals surface area contributed by atoms with Crippen LogP contribution in [0.5, 0.6) is 5.75 Å². The van der Waals surface area contributed by atoms with E-state index in [0.717, 1.165) is 28.3 Å². The number of aryl methyl sites for hydroxylation is 3. The Hall–Kier alpha value is -2.53. The van der Waals surface area contributed by atoms with Crippen LogP contribution in [0.25, 0.3) is 0 Å². The second kappa shape index (κ2) is 9.82. The summed E-state index contributed by atoms with van der Waals surface area (Å²) in [6, 6.07) is 11.7. The molecule has 0 saturated heterocycles. The fraction of sp³-hybridized carbons (Fsp3) is 0.381. The molecule has 5 heteroatoms. The highest BCUT2D eigenvalue weighted by Crippen LogP contribution is 2.22. The highest BCUT2D eigenvalue weighted by molar-refractivity contribution is 5.95. The maximum absolute atomic E-state index is 12.3. The molecule has 2 N–H and O–H groups in total. The number of rotatable bonds is 9. The van der Waals surface area contributed by atoms with Gasteiger partial charge in [0.05, 0.1) is 13.2 Å². The Balaban J connectivity index is 1.87. The molecule has 0 saturated carbocycles. The molecule has 0 aromatic heterocycles. The van der Waals surface area contributed by atoms with Crippen molar-refractivity contribution in [3.63, 3.8) is 0 Å². The van der Waals surface area contributed by atoms with Gasteiger partial charge in [-0.2, -0.15) is 0 Å². The zero-order valence-electron chi connectivity index (χ0n) is 16.0. The molecule has 0 spiro atoms. The molecule has 5 nitrogen and oxygen atoms in total. The monoisotopic (exact) mass is 356 g/mol. The summed E-state index contributed by atoms with van der Waals surface area (Å²) >= 11 is 0. The minimum absolute atomic E-state index is 0.0808. The van der Waals surface area contributed by atoms with Gasteiger partial charge in [0.25, 0.3) is 0 Å². The van der Waals surface area contributed by atoms with Gasteiger partial charge in [0.2, 0.25) is 5.91 Å². The summed E-state index contributed by atoms with van der Waals surface area (Å²) in [5, 5.41) is 6.12. The van der Waals surface area contributed by atoms with Gasteiger partial charge in [-0.25, -0.2) is 0 Å². The first-order chi connectivity index (χ1) is 12.5. The Morgan fingerprint density at radius 2 is 1.77 bits per heavy atom. The van der Waals surface area contributed by atoms with E-state index in [0.29, 0.717) is 19.8 Å². The number of nitrogens with one attached hydrogen (secondary N) is 2. The molecule has 1 amide bonds. The summed E-state index contributed by atoms with van der Waals surface area (Å²) in [5.41, 5.74) is 5.06. The lowest BCUT2D eigenvalue weighted by molar-refractivity contribution is -0.114. The molecule has 0 aliphatic rings. The molecule has 0 atom stereocenters. The third-order valence-electron chi connectivity index (χ3n) is 3.93. The van der Waals surface area contributed by atoms with Gasteiger partial charge in [-0.3, -0.25) is 4.79 Å². The molecule has 0 heterocycles. The van der Waals surface area contributed by atoms with E-state index in [1.165, 1.54) is 5.56 Å². The maximum Gasteiger partial charge on any atom is 0.243 e. The number of carbonyl (C=O) groups excluding carboxylic acids is 1. The number of hydrogen-bond donors (Lipinski definition) is 2. The molecule has 2 aromatic carbocycles. The van der Waals surface area contributed by atoms with Crippen molar-refractivity contribution in [1.82, 2.24) is 0 Å². The van der Waals surface area contributed by atoms with Crippen LogP contribution in [0, 0.1) is 20.8 Å². The topological polar surface area (TPSA) is 59.6 Å². The Morgan fingerprint density at radius 3 is 2.46 bits per heavy atom. The molecule has 0 fully saturated rings. The summed E-state index contributed by atoms with van der Waals surface area (Å²) in [4.78, 5) is 12.3. The molecule has 0 aliphatic carbocycles. The summed E-state index contributed by atoms with van der Waals surface area (Å²) < 4.78 is 10.9. The summed E-state index contributed by atoms with van der Waals surface area (Å²) in [7, 11) is 0. The molecule has 140 valence electrons. The first kappa shape index (κ1) is 19.8. The van der Waals surface area contributed by atoms with Crippen molar-refractivity contribution in [3.05, 3.63) is 53.1 Å². The zero-order valence-corrected chi connectivity index (χ0v) is 16.0. The van der Waals surface area contributed by atoms with E-state index in [1.807, 2.05) is 45.0 Å². The molecule has 2 aromatic rings. The Bertz CT molecular complexity index is 721. The van der Waals surface area contributed by atoms with Gasteiger partial charge in [-0.1, -0.05) is 23.8 Å². The second-order valence-electron chi connectivity index (χ2n) is 6.25. The highest BCUT2D eigenvalue weighted by atomic mass is 16.5. The molecule has 0 radical (unpaired) electrons. The Kier molecular flexibility index (Phi) is 7.48. The largest absolute Gasteiger partial charge is 0.491 e. The lowest BCUT2D eigenvalue weighted by atomic mass is 10.1. The van der Waals surface area contributed by atoms with Crippen LogP contribution in [0.2, 0.25) is 0 Å². The number of anilines is 2. The van der Waals surface area contributed by atoms with E-state index in [4.69, 9.17) is 9.47 Å². The van der Waals surface area contributed by atoms with Gasteiger partial charge in [-0.05, 0) is 51.0 Å². The third kappa shape index (κ3) is 6.08. The van der Waals surface area contributed by atoms with Crippen molar-refractivity contribution in [1.29, 1.82) is 0 Å². The smallest absolute Gasteiger partial charge is 0.243 e. The predicted octanol–water partition coefficient (Wildman–Crippen LogP) is 4.08. The standard InChI is InChI=1S/C21H28N2O3/c1-5-25-9-10-26-19-8-6-7-18(13-19)22-14-20(24)23-21-16(3)11-15(2)12-17(21)4/h6-8,11-13,22H,5,9-10,14H2,1-4H3,(H,23,24). The van der Waals surface area contributed by atoms with Gasteiger partial charge in [0, 0.05) is 24.0 Å². The SMILES string of the molecule is CCOCCOc1cccc(NCC(=O)Nc2c(C)cc(C)cc2C)c1.